The molecule has 1 aliphatic rings. The SMILES string of the molecule is O=C(Nc1cc(C(F)(F)F)ccn1)c1nccnc1N1CC(Oc2ccc(F)c(F)c2)C1. The Morgan fingerprint density at radius 2 is 1.75 bits per heavy atom. The van der Waals surface area contributed by atoms with Crippen molar-refractivity contribution >= 4 is 17.5 Å². The summed E-state index contributed by atoms with van der Waals surface area (Å²) in [5.74, 6) is -2.74. The highest BCUT2D eigenvalue weighted by atomic mass is 19.4. The summed E-state index contributed by atoms with van der Waals surface area (Å²) in [6, 6.07) is 4.68. The number of pyridine rings is 1. The van der Waals surface area contributed by atoms with Gasteiger partial charge in [-0.05, 0) is 24.3 Å². The number of rotatable bonds is 5. The van der Waals surface area contributed by atoms with Gasteiger partial charge in [-0.3, -0.25) is 4.79 Å². The van der Waals surface area contributed by atoms with Crippen molar-refractivity contribution in [3.63, 3.8) is 0 Å². The summed E-state index contributed by atoms with van der Waals surface area (Å²) in [6.45, 7) is 0.555. The Hall–Kier alpha value is -3.83. The van der Waals surface area contributed by atoms with E-state index < -0.39 is 29.3 Å². The number of hydrogen-bond acceptors (Lipinski definition) is 6. The molecule has 0 unspecified atom stereocenters. The minimum absolute atomic E-state index is 0.113. The molecule has 1 aliphatic heterocycles. The lowest BCUT2D eigenvalue weighted by atomic mass is 10.1. The zero-order chi connectivity index (χ0) is 22.9. The minimum Gasteiger partial charge on any atom is -0.487 e. The lowest BCUT2D eigenvalue weighted by molar-refractivity contribution is -0.137. The Labute approximate surface area is 177 Å². The van der Waals surface area contributed by atoms with Crippen LogP contribution in [0.1, 0.15) is 16.1 Å². The molecule has 32 heavy (non-hydrogen) atoms. The van der Waals surface area contributed by atoms with Gasteiger partial charge in [0.05, 0.1) is 18.7 Å². The summed E-state index contributed by atoms with van der Waals surface area (Å²) in [5, 5.41) is 2.29. The van der Waals surface area contributed by atoms with Crippen molar-refractivity contribution in [2.24, 2.45) is 0 Å². The fraction of sp³-hybridized carbons (Fsp3) is 0.200. The molecule has 1 aromatic carbocycles. The van der Waals surface area contributed by atoms with Gasteiger partial charge in [0.2, 0.25) is 0 Å². The lowest BCUT2D eigenvalue weighted by Gasteiger charge is -2.40. The Morgan fingerprint density at radius 3 is 2.47 bits per heavy atom. The molecule has 4 rings (SSSR count). The summed E-state index contributed by atoms with van der Waals surface area (Å²) >= 11 is 0. The number of carbonyl (C=O) groups is 1. The van der Waals surface area contributed by atoms with E-state index in [1.54, 1.807) is 4.90 Å². The van der Waals surface area contributed by atoms with Crippen LogP contribution < -0.4 is 15.0 Å². The number of ether oxygens (including phenoxy) is 1. The predicted octanol–water partition coefficient (Wildman–Crippen LogP) is 3.69. The van der Waals surface area contributed by atoms with E-state index in [0.29, 0.717) is 6.07 Å². The van der Waals surface area contributed by atoms with Gasteiger partial charge in [-0.1, -0.05) is 0 Å². The van der Waals surface area contributed by atoms with E-state index in [1.807, 2.05) is 0 Å². The van der Waals surface area contributed by atoms with Crippen LogP contribution in [0.5, 0.6) is 5.75 Å². The van der Waals surface area contributed by atoms with E-state index in [9.17, 15) is 26.7 Å². The number of amides is 1. The number of nitrogens with one attached hydrogen (secondary N) is 1. The minimum atomic E-state index is -4.58. The summed E-state index contributed by atoms with van der Waals surface area (Å²) in [4.78, 5) is 26.1. The molecule has 3 aromatic rings. The molecule has 1 amide bonds. The van der Waals surface area contributed by atoms with Crippen molar-refractivity contribution in [1.29, 1.82) is 0 Å². The lowest BCUT2D eigenvalue weighted by Crippen LogP contribution is -2.54. The number of nitrogens with zero attached hydrogens (tertiary/aromatic N) is 4. The Balaban J connectivity index is 1.43. The van der Waals surface area contributed by atoms with Gasteiger partial charge in [0, 0.05) is 24.7 Å². The van der Waals surface area contributed by atoms with Gasteiger partial charge < -0.3 is 15.0 Å². The molecule has 0 bridgehead atoms. The monoisotopic (exact) mass is 451 g/mol. The first-order chi connectivity index (χ1) is 15.2. The van der Waals surface area contributed by atoms with E-state index in [2.05, 4.69) is 20.3 Å². The average Bonchev–Trinajstić information content (AvgIpc) is 2.72. The molecule has 1 fully saturated rings. The Bertz CT molecular complexity index is 1150. The number of benzene rings is 1. The molecule has 7 nitrogen and oxygen atoms in total. The quantitative estimate of drug-likeness (QED) is 0.597. The second-order valence-electron chi connectivity index (χ2n) is 6.83. The second-order valence-corrected chi connectivity index (χ2v) is 6.83. The molecule has 0 spiro atoms. The molecule has 0 atom stereocenters. The van der Waals surface area contributed by atoms with Crippen molar-refractivity contribution in [3.05, 3.63) is 71.8 Å². The number of carbonyl (C=O) groups excluding carboxylic acids is 1. The van der Waals surface area contributed by atoms with Gasteiger partial charge >= 0.3 is 6.18 Å². The van der Waals surface area contributed by atoms with Crippen LogP contribution in [-0.4, -0.2) is 40.1 Å². The van der Waals surface area contributed by atoms with Crippen molar-refractivity contribution in [2.75, 3.05) is 23.3 Å². The van der Waals surface area contributed by atoms with Crippen LogP contribution in [0.2, 0.25) is 0 Å². The fourth-order valence-corrected chi connectivity index (χ4v) is 3.00. The molecule has 12 heteroatoms. The second kappa shape index (κ2) is 8.36. The Kier molecular flexibility index (Phi) is 5.59. The first-order valence-corrected chi connectivity index (χ1v) is 9.23. The van der Waals surface area contributed by atoms with Crippen LogP contribution in [0, 0.1) is 11.6 Å². The Morgan fingerprint density at radius 1 is 1.00 bits per heavy atom. The third-order valence-electron chi connectivity index (χ3n) is 4.56. The zero-order valence-corrected chi connectivity index (χ0v) is 16.1. The third-order valence-corrected chi connectivity index (χ3v) is 4.56. The molecule has 0 aliphatic carbocycles. The standard InChI is InChI=1S/C20H14F5N5O2/c21-14-2-1-12(8-15(14)22)32-13-9-30(10-13)18-17(27-5-6-28-18)19(31)29-16-7-11(3-4-26-16)20(23,24)25/h1-8,13H,9-10H2,(H,26,29,31). The molecule has 2 aromatic heterocycles. The third kappa shape index (κ3) is 4.58. The first-order valence-electron chi connectivity index (χ1n) is 9.23. The highest BCUT2D eigenvalue weighted by Crippen LogP contribution is 2.30. The number of aromatic nitrogens is 3. The van der Waals surface area contributed by atoms with Crippen LogP contribution in [0.25, 0.3) is 0 Å². The summed E-state index contributed by atoms with van der Waals surface area (Å²) in [6.07, 6.45) is -1.39. The maximum atomic E-state index is 13.3. The highest BCUT2D eigenvalue weighted by Gasteiger charge is 2.34. The van der Waals surface area contributed by atoms with Gasteiger partial charge in [-0.2, -0.15) is 13.2 Å². The van der Waals surface area contributed by atoms with E-state index in [1.165, 1.54) is 18.5 Å². The van der Waals surface area contributed by atoms with Gasteiger partial charge in [0.1, 0.15) is 17.7 Å². The van der Waals surface area contributed by atoms with Crippen molar-refractivity contribution in [1.82, 2.24) is 15.0 Å². The molecule has 0 radical (unpaired) electrons. The molecule has 1 saturated heterocycles. The number of hydrogen-bond donors (Lipinski definition) is 1. The van der Waals surface area contributed by atoms with Crippen LogP contribution in [-0.2, 0) is 6.18 Å². The van der Waals surface area contributed by atoms with Crippen LogP contribution in [0.15, 0.2) is 48.9 Å². The van der Waals surface area contributed by atoms with Gasteiger partial charge in [-0.25, -0.2) is 23.7 Å². The largest absolute Gasteiger partial charge is 0.487 e. The maximum absolute atomic E-state index is 13.3. The summed E-state index contributed by atoms with van der Waals surface area (Å²) in [7, 11) is 0. The topological polar surface area (TPSA) is 80.2 Å². The zero-order valence-electron chi connectivity index (χ0n) is 16.1. The van der Waals surface area contributed by atoms with E-state index in [4.69, 9.17) is 4.74 Å². The highest BCUT2D eigenvalue weighted by molar-refractivity contribution is 6.05. The van der Waals surface area contributed by atoms with Crippen LogP contribution in [0.4, 0.5) is 33.6 Å². The fourth-order valence-electron chi connectivity index (χ4n) is 3.00. The van der Waals surface area contributed by atoms with Crippen molar-refractivity contribution < 1.29 is 31.5 Å². The average molecular weight is 451 g/mol. The maximum Gasteiger partial charge on any atom is 0.416 e. The van der Waals surface area contributed by atoms with E-state index in [-0.39, 0.29) is 42.3 Å². The number of alkyl halides is 3. The molecule has 0 saturated carbocycles. The molecular formula is C20H14F5N5O2. The normalized spacial score (nSPS) is 14.1. The smallest absolute Gasteiger partial charge is 0.416 e. The number of anilines is 2. The number of halogens is 5. The van der Waals surface area contributed by atoms with E-state index >= 15 is 0 Å². The van der Waals surface area contributed by atoms with Crippen molar-refractivity contribution in [2.45, 2.75) is 12.3 Å². The van der Waals surface area contributed by atoms with Gasteiger partial charge in [0.15, 0.2) is 23.1 Å². The molecule has 1 N–H and O–H groups in total. The van der Waals surface area contributed by atoms with Crippen LogP contribution in [0.3, 0.4) is 0 Å². The molecular weight excluding hydrogens is 437 g/mol. The molecule has 166 valence electrons. The van der Waals surface area contributed by atoms with Gasteiger partial charge in [-0.15, -0.1) is 0 Å². The summed E-state index contributed by atoms with van der Waals surface area (Å²) < 4.78 is 70.5. The van der Waals surface area contributed by atoms with E-state index in [0.717, 1.165) is 24.4 Å². The predicted molar refractivity (Wildman–Crippen MR) is 102 cm³/mol. The molecule has 3 heterocycles. The summed E-state index contributed by atoms with van der Waals surface area (Å²) in [5.41, 5.74) is -1.07. The first kappa shape index (κ1) is 21.4. The van der Waals surface area contributed by atoms with Crippen LogP contribution >= 0.6 is 0 Å². The van der Waals surface area contributed by atoms with Gasteiger partial charge in [0.25, 0.3) is 5.91 Å². The van der Waals surface area contributed by atoms with Crippen molar-refractivity contribution in [3.8, 4) is 5.75 Å².